The molecule has 0 radical (unpaired) electrons. The molecule has 82 valence electrons. The van der Waals surface area contributed by atoms with Crippen molar-refractivity contribution in [3.63, 3.8) is 0 Å². The number of alkyl halides is 3. The Morgan fingerprint density at radius 2 is 2.20 bits per heavy atom. The zero-order valence-corrected chi connectivity index (χ0v) is 7.84. The Labute approximate surface area is 83.9 Å². The van der Waals surface area contributed by atoms with Crippen LogP contribution in [-0.4, -0.2) is 24.7 Å². The molecule has 6 heteroatoms. The number of esters is 1. The monoisotopic (exact) mass is 219 g/mol. The number of halogens is 3. The van der Waals surface area contributed by atoms with E-state index < -0.39 is 24.3 Å². The SMILES string of the molecule is COC(=O)c1cccc(C(F)(F)CF)n1. The summed E-state index contributed by atoms with van der Waals surface area (Å²) in [5, 5.41) is 0. The van der Waals surface area contributed by atoms with Crippen molar-refractivity contribution >= 4 is 5.97 Å². The second-order valence-corrected chi connectivity index (χ2v) is 2.74. The van der Waals surface area contributed by atoms with Crippen LogP contribution in [0, 0.1) is 0 Å². The topological polar surface area (TPSA) is 39.2 Å². The smallest absolute Gasteiger partial charge is 0.356 e. The fourth-order valence-electron chi connectivity index (χ4n) is 0.925. The maximum atomic E-state index is 12.8. The molecule has 3 nitrogen and oxygen atoms in total. The first-order valence-electron chi connectivity index (χ1n) is 4.01. The highest BCUT2D eigenvalue weighted by Crippen LogP contribution is 2.26. The fraction of sp³-hybridized carbons (Fsp3) is 0.333. The van der Waals surface area contributed by atoms with Gasteiger partial charge in [0.05, 0.1) is 7.11 Å². The van der Waals surface area contributed by atoms with Gasteiger partial charge in [0, 0.05) is 0 Å². The molecular weight excluding hydrogens is 211 g/mol. The molecule has 0 amide bonds. The van der Waals surface area contributed by atoms with Crippen LogP contribution >= 0.6 is 0 Å². The minimum Gasteiger partial charge on any atom is -0.464 e. The van der Waals surface area contributed by atoms with Crippen molar-refractivity contribution in [1.82, 2.24) is 4.98 Å². The van der Waals surface area contributed by atoms with E-state index in [1.807, 2.05) is 0 Å². The van der Waals surface area contributed by atoms with Crippen LogP contribution < -0.4 is 0 Å². The number of carbonyl (C=O) groups excluding carboxylic acids is 1. The molecule has 0 saturated heterocycles. The molecule has 0 aliphatic heterocycles. The van der Waals surface area contributed by atoms with E-state index in [1.54, 1.807) is 0 Å². The minimum absolute atomic E-state index is 0.275. The van der Waals surface area contributed by atoms with Crippen LogP contribution in [0.5, 0.6) is 0 Å². The second-order valence-electron chi connectivity index (χ2n) is 2.74. The summed E-state index contributed by atoms with van der Waals surface area (Å²) in [7, 11) is 1.10. The lowest BCUT2D eigenvalue weighted by Crippen LogP contribution is -2.19. The molecule has 0 fully saturated rings. The lowest BCUT2D eigenvalue weighted by Gasteiger charge is -2.11. The number of nitrogens with zero attached hydrogens (tertiary/aromatic N) is 1. The van der Waals surface area contributed by atoms with Gasteiger partial charge in [0.15, 0.2) is 6.67 Å². The van der Waals surface area contributed by atoms with Crippen molar-refractivity contribution in [2.45, 2.75) is 5.92 Å². The van der Waals surface area contributed by atoms with Gasteiger partial charge in [-0.25, -0.2) is 14.2 Å². The molecule has 1 aromatic rings. The summed E-state index contributed by atoms with van der Waals surface area (Å²) in [6.45, 7) is -1.86. The fourth-order valence-corrected chi connectivity index (χ4v) is 0.925. The number of carbonyl (C=O) groups is 1. The average molecular weight is 219 g/mol. The maximum absolute atomic E-state index is 12.8. The molecule has 0 aliphatic rings. The Morgan fingerprint density at radius 3 is 2.73 bits per heavy atom. The van der Waals surface area contributed by atoms with E-state index in [1.165, 1.54) is 12.1 Å². The van der Waals surface area contributed by atoms with Crippen LogP contribution in [0.25, 0.3) is 0 Å². The highest BCUT2D eigenvalue weighted by Gasteiger charge is 2.33. The Hall–Kier alpha value is -1.59. The quantitative estimate of drug-likeness (QED) is 0.729. The molecule has 1 rings (SSSR count). The van der Waals surface area contributed by atoms with E-state index in [0.29, 0.717) is 0 Å². The van der Waals surface area contributed by atoms with Gasteiger partial charge < -0.3 is 4.74 Å². The largest absolute Gasteiger partial charge is 0.464 e. The molecule has 0 aromatic carbocycles. The summed E-state index contributed by atoms with van der Waals surface area (Å²) in [5.74, 6) is -4.52. The molecule has 0 aliphatic carbocycles. The first-order chi connectivity index (χ1) is 7.01. The van der Waals surface area contributed by atoms with Crippen molar-refractivity contribution in [2.75, 3.05) is 13.8 Å². The Balaban J connectivity index is 3.08. The maximum Gasteiger partial charge on any atom is 0.356 e. The van der Waals surface area contributed by atoms with Gasteiger partial charge in [-0.2, -0.15) is 8.78 Å². The highest BCUT2D eigenvalue weighted by atomic mass is 19.3. The highest BCUT2D eigenvalue weighted by molar-refractivity contribution is 5.87. The van der Waals surface area contributed by atoms with Gasteiger partial charge in [-0.15, -0.1) is 0 Å². The zero-order chi connectivity index (χ0) is 11.5. The third-order valence-electron chi connectivity index (χ3n) is 1.69. The number of aromatic nitrogens is 1. The first kappa shape index (κ1) is 11.5. The number of hydrogen-bond acceptors (Lipinski definition) is 3. The molecule has 0 N–H and O–H groups in total. The molecule has 15 heavy (non-hydrogen) atoms. The normalized spacial score (nSPS) is 11.2. The van der Waals surface area contributed by atoms with Crippen LogP contribution in [-0.2, 0) is 10.7 Å². The number of hydrogen-bond donors (Lipinski definition) is 0. The van der Waals surface area contributed by atoms with Gasteiger partial charge in [-0.1, -0.05) is 6.07 Å². The van der Waals surface area contributed by atoms with E-state index in [-0.39, 0.29) is 5.69 Å². The van der Waals surface area contributed by atoms with E-state index >= 15 is 0 Å². The molecule has 0 atom stereocenters. The lowest BCUT2D eigenvalue weighted by atomic mass is 10.2. The molecule has 0 bridgehead atoms. The third kappa shape index (κ3) is 2.45. The van der Waals surface area contributed by atoms with E-state index in [9.17, 15) is 18.0 Å². The predicted octanol–water partition coefficient (Wildman–Crippen LogP) is 1.93. The van der Waals surface area contributed by atoms with Crippen LogP contribution in [0.3, 0.4) is 0 Å². The van der Waals surface area contributed by atoms with Gasteiger partial charge in [0.25, 0.3) is 0 Å². The summed E-state index contributed by atoms with van der Waals surface area (Å²) in [6.07, 6.45) is 0. The van der Waals surface area contributed by atoms with Gasteiger partial charge in [0.1, 0.15) is 11.4 Å². The van der Waals surface area contributed by atoms with Crippen molar-refractivity contribution in [1.29, 1.82) is 0 Å². The molecule has 0 unspecified atom stereocenters. The number of pyridine rings is 1. The van der Waals surface area contributed by atoms with Crippen molar-refractivity contribution < 1.29 is 22.7 Å². The second kappa shape index (κ2) is 4.29. The van der Waals surface area contributed by atoms with Crippen molar-refractivity contribution in [3.8, 4) is 0 Å². The summed E-state index contributed by atoms with van der Waals surface area (Å²) in [6, 6.07) is 3.35. The summed E-state index contributed by atoms with van der Waals surface area (Å²) < 4.78 is 41.9. The molecule has 0 spiro atoms. The third-order valence-corrected chi connectivity index (χ3v) is 1.69. The summed E-state index contributed by atoms with van der Waals surface area (Å²) in [5.41, 5.74) is -1.06. The van der Waals surface area contributed by atoms with Crippen LogP contribution in [0.2, 0.25) is 0 Å². The average Bonchev–Trinajstić information content (AvgIpc) is 2.28. The van der Waals surface area contributed by atoms with Crippen LogP contribution in [0.1, 0.15) is 16.2 Å². The van der Waals surface area contributed by atoms with Gasteiger partial charge in [0.2, 0.25) is 0 Å². The van der Waals surface area contributed by atoms with Crippen LogP contribution in [0.4, 0.5) is 13.2 Å². The predicted molar refractivity (Wildman–Crippen MR) is 45.4 cm³/mol. The summed E-state index contributed by atoms with van der Waals surface area (Å²) >= 11 is 0. The standard InChI is InChI=1S/C9H8F3NO2/c1-15-8(14)6-3-2-4-7(13-6)9(11,12)5-10/h2-4H,5H2,1H3. The Bertz CT molecular complexity index is 368. The summed E-state index contributed by atoms with van der Waals surface area (Å²) in [4.78, 5) is 14.3. The molecule has 0 saturated carbocycles. The Morgan fingerprint density at radius 1 is 1.53 bits per heavy atom. The lowest BCUT2D eigenvalue weighted by molar-refractivity contribution is -0.0323. The molecule has 1 aromatic heterocycles. The van der Waals surface area contributed by atoms with Gasteiger partial charge >= 0.3 is 11.9 Å². The number of methoxy groups -OCH3 is 1. The molecule has 1 heterocycles. The van der Waals surface area contributed by atoms with Crippen molar-refractivity contribution in [2.24, 2.45) is 0 Å². The van der Waals surface area contributed by atoms with E-state index in [0.717, 1.165) is 13.2 Å². The van der Waals surface area contributed by atoms with Crippen molar-refractivity contribution in [3.05, 3.63) is 29.6 Å². The minimum atomic E-state index is -3.68. The Kier molecular flexibility index (Phi) is 3.28. The number of rotatable bonds is 3. The van der Waals surface area contributed by atoms with E-state index in [2.05, 4.69) is 9.72 Å². The zero-order valence-electron chi connectivity index (χ0n) is 7.84. The van der Waals surface area contributed by atoms with Crippen LogP contribution in [0.15, 0.2) is 18.2 Å². The van der Waals surface area contributed by atoms with Gasteiger partial charge in [-0.3, -0.25) is 0 Å². The van der Waals surface area contributed by atoms with E-state index in [4.69, 9.17) is 0 Å². The first-order valence-corrected chi connectivity index (χ1v) is 4.01. The van der Waals surface area contributed by atoms with Gasteiger partial charge in [-0.05, 0) is 12.1 Å². The molecular formula is C9H8F3NO2. The number of ether oxygens (including phenoxy) is 1.